The van der Waals surface area contributed by atoms with Gasteiger partial charge in [-0.15, -0.1) is 0 Å². The van der Waals surface area contributed by atoms with E-state index in [1.807, 2.05) is 0 Å². The summed E-state index contributed by atoms with van der Waals surface area (Å²) in [7, 11) is -1.74. The lowest BCUT2D eigenvalue weighted by Crippen LogP contribution is -2.51. The minimum atomic E-state index is -1.74. The lowest BCUT2D eigenvalue weighted by atomic mass is 10.2. The SMILES string of the molecule is Cc1c(Cl)cc2c(ccn2[Si](C(C)C)(C(C)C)C(C)C)c1Br. The number of rotatable bonds is 4. The molecule has 1 aromatic carbocycles. The summed E-state index contributed by atoms with van der Waals surface area (Å²) in [6.45, 7) is 16.4. The normalized spacial score (nSPS) is 13.1. The third-order valence-electron chi connectivity index (χ3n) is 5.31. The van der Waals surface area contributed by atoms with Crippen molar-refractivity contribution in [3.63, 3.8) is 0 Å². The van der Waals surface area contributed by atoms with Gasteiger partial charge in [0.25, 0.3) is 0 Å². The van der Waals surface area contributed by atoms with Crippen molar-refractivity contribution in [2.45, 2.75) is 65.1 Å². The van der Waals surface area contributed by atoms with Crippen molar-refractivity contribution in [1.82, 2.24) is 4.23 Å². The van der Waals surface area contributed by atoms with Crippen molar-refractivity contribution in [3.8, 4) is 0 Å². The first-order valence-electron chi connectivity index (χ1n) is 8.11. The van der Waals surface area contributed by atoms with Crippen molar-refractivity contribution in [2.75, 3.05) is 0 Å². The van der Waals surface area contributed by atoms with Crippen LogP contribution in [0.5, 0.6) is 0 Å². The summed E-state index contributed by atoms with van der Waals surface area (Å²) in [5, 5.41) is 2.12. The Morgan fingerprint density at radius 3 is 2.00 bits per heavy atom. The summed E-state index contributed by atoms with van der Waals surface area (Å²) >= 11 is 10.2. The van der Waals surface area contributed by atoms with Crippen molar-refractivity contribution >= 4 is 46.7 Å². The molecule has 0 saturated carbocycles. The number of aromatic nitrogens is 1. The molecule has 0 saturated heterocycles. The summed E-state index contributed by atoms with van der Waals surface area (Å²) in [6, 6.07) is 4.41. The van der Waals surface area contributed by atoms with E-state index in [4.69, 9.17) is 11.6 Å². The molecule has 4 heteroatoms. The van der Waals surface area contributed by atoms with E-state index in [1.165, 1.54) is 10.9 Å². The van der Waals surface area contributed by atoms with Gasteiger partial charge in [0.1, 0.15) is 0 Å². The number of fused-ring (bicyclic) bond motifs is 1. The molecule has 1 nitrogen and oxygen atoms in total. The predicted octanol–water partition coefficient (Wildman–Crippen LogP) is 7.39. The fraction of sp³-hybridized carbons (Fsp3) is 0.556. The fourth-order valence-electron chi connectivity index (χ4n) is 4.48. The Hall–Kier alpha value is -0.253. The minimum Gasteiger partial charge on any atom is -0.373 e. The van der Waals surface area contributed by atoms with Crippen LogP contribution in [0.3, 0.4) is 0 Å². The average molecular weight is 401 g/mol. The van der Waals surface area contributed by atoms with Gasteiger partial charge in [-0.25, -0.2) is 0 Å². The quantitative estimate of drug-likeness (QED) is 0.471. The molecule has 2 aromatic rings. The topological polar surface area (TPSA) is 4.93 Å². The first-order valence-corrected chi connectivity index (χ1v) is 11.5. The van der Waals surface area contributed by atoms with Crippen LogP contribution in [0, 0.1) is 6.92 Å². The minimum absolute atomic E-state index is 0.668. The maximum Gasteiger partial charge on any atom is 0.169 e. The van der Waals surface area contributed by atoms with Crippen LogP contribution in [0.1, 0.15) is 47.1 Å². The van der Waals surface area contributed by atoms with E-state index in [-0.39, 0.29) is 0 Å². The lowest BCUT2D eigenvalue weighted by molar-refractivity contribution is 0.773. The van der Waals surface area contributed by atoms with Crippen LogP contribution < -0.4 is 0 Å². The Balaban J connectivity index is 2.87. The van der Waals surface area contributed by atoms with Crippen LogP contribution in [-0.4, -0.2) is 12.5 Å². The summed E-state index contributed by atoms with van der Waals surface area (Å²) in [5.74, 6) is 0. The van der Waals surface area contributed by atoms with Gasteiger partial charge in [0, 0.05) is 20.4 Å². The highest BCUT2D eigenvalue weighted by molar-refractivity contribution is 9.10. The molecule has 0 bridgehead atoms. The molecule has 0 spiro atoms. The van der Waals surface area contributed by atoms with Crippen LogP contribution in [0.2, 0.25) is 21.6 Å². The van der Waals surface area contributed by atoms with E-state index < -0.39 is 8.24 Å². The second-order valence-electron chi connectivity index (χ2n) is 7.27. The lowest BCUT2D eigenvalue weighted by Gasteiger charge is -2.44. The molecular formula is C18H27BrClNSi. The van der Waals surface area contributed by atoms with E-state index in [0.29, 0.717) is 16.6 Å². The summed E-state index contributed by atoms with van der Waals surface area (Å²) in [5.41, 5.74) is 4.41. The van der Waals surface area contributed by atoms with Gasteiger partial charge in [0.05, 0.1) is 0 Å². The van der Waals surface area contributed by atoms with Gasteiger partial charge < -0.3 is 4.23 Å². The van der Waals surface area contributed by atoms with Crippen LogP contribution in [0.4, 0.5) is 0 Å². The molecule has 2 rings (SSSR count). The molecule has 0 aliphatic rings. The largest absolute Gasteiger partial charge is 0.373 e. The Morgan fingerprint density at radius 2 is 1.55 bits per heavy atom. The first-order chi connectivity index (χ1) is 10.2. The second-order valence-corrected chi connectivity index (χ2v) is 14.2. The van der Waals surface area contributed by atoms with Crippen LogP contribution in [-0.2, 0) is 0 Å². The number of nitrogens with zero attached hydrogens (tertiary/aromatic N) is 1. The first kappa shape index (κ1) is 18.1. The van der Waals surface area contributed by atoms with Crippen LogP contribution in [0.25, 0.3) is 10.9 Å². The van der Waals surface area contributed by atoms with Gasteiger partial charge in [-0.1, -0.05) is 53.1 Å². The fourth-order valence-corrected chi connectivity index (χ4v) is 11.9. The maximum atomic E-state index is 6.48. The highest BCUT2D eigenvalue weighted by Gasteiger charge is 2.45. The molecule has 0 aliphatic heterocycles. The van der Waals surface area contributed by atoms with E-state index in [9.17, 15) is 0 Å². The zero-order valence-electron chi connectivity index (χ0n) is 14.7. The highest BCUT2D eigenvalue weighted by Crippen LogP contribution is 2.45. The molecule has 22 heavy (non-hydrogen) atoms. The Kier molecular flexibility index (Phi) is 5.21. The standard InChI is InChI=1S/C18H27BrClNSi/c1-11(2)22(12(3)4,13(5)6)21-9-8-15-17(21)10-16(20)14(7)18(15)19/h8-13H,1-7H3. The summed E-state index contributed by atoms with van der Waals surface area (Å²) < 4.78 is 3.74. The van der Waals surface area contributed by atoms with Gasteiger partial charge in [-0.05, 0) is 63.4 Å². The molecule has 0 amide bonds. The van der Waals surface area contributed by atoms with Gasteiger partial charge in [0.15, 0.2) is 8.24 Å². The van der Waals surface area contributed by atoms with E-state index in [1.54, 1.807) is 0 Å². The molecule has 0 aliphatic carbocycles. The van der Waals surface area contributed by atoms with Crippen molar-refractivity contribution in [3.05, 3.63) is 33.4 Å². The number of hydrogen-bond donors (Lipinski definition) is 0. The van der Waals surface area contributed by atoms with E-state index >= 15 is 0 Å². The van der Waals surface area contributed by atoms with E-state index in [0.717, 1.165) is 15.1 Å². The Morgan fingerprint density at radius 1 is 1.05 bits per heavy atom. The van der Waals surface area contributed by atoms with Gasteiger partial charge in [-0.2, -0.15) is 0 Å². The van der Waals surface area contributed by atoms with Gasteiger partial charge in [0.2, 0.25) is 0 Å². The number of halogens is 2. The van der Waals surface area contributed by atoms with Crippen molar-refractivity contribution in [2.24, 2.45) is 0 Å². The highest BCUT2D eigenvalue weighted by atomic mass is 79.9. The van der Waals surface area contributed by atoms with Crippen LogP contribution >= 0.6 is 27.5 Å². The molecule has 0 N–H and O–H groups in total. The molecule has 1 heterocycles. The second kappa shape index (κ2) is 6.33. The van der Waals surface area contributed by atoms with E-state index in [2.05, 4.69) is 87.0 Å². The molecule has 0 radical (unpaired) electrons. The summed E-state index contributed by atoms with van der Waals surface area (Å²) in [4.78, 5) is 0. The Bertz CT molecular complexity index is 666. The van der Waals surface area contributed by atoms with Gasteiger partial charge >= 0.3 is 0 Å². The van der Waals surface area contributed by atoms with Crippen LogP contribution in [0.15, 0.2) is 22.8 Å². The molecular weight excluding hydrogens is 374 g/mol. The maximum absolute atomic E-state index is 6.48. The van der Waals surface area contributed by atoms with Gasteiger partial charge in [-0.3, -0.25) is 0 Å². The monoisotopic (exact) mass is 399 g/mol. The third kappa shape index (κ3) is 2.49. The molecule has 0 unspecified atom stereocenters. The average Bonchev–Trinajstić information content (AvgIpc) is 2.80. The predicted molar refractivity (Wildman–Crippen MR) is 106 cm³/mol. The molecule has 0 atom stereocenters. The molecule has 122 valence electrons. The number of benzene rings is 1. The Labute approximate surface area is 149 Å². The summed E-state index contributed by atoms with van der Waals surface area (Å²) in [6.07, 6.45) is 2.30. The molecule has 0 fully saturated rings. The van der Waals surface area contributed by atoms with Crippen molar-refractivity contribution < 1.29 is 0 Å². The molecule has 1 aromatic heterocycles. The zero-order chi connectivity index (χ0) is 16.8. The number of hydrogen-bond acceptors (Lipinski definition) is 0. The zero-order valence-corrected chi connectivity index (χ0v) is 18.0. The smallest absolute Gasteiger partial charge is 0.169 e. The van der Waals surface area contributed by atoms with Crippen molar-refractivity contribution in [1.29, 1.82) is 0 Å². The third-order valence-corrected chi connectivity index (χ3v) is 13.5.